The molecule has 9 N–H and O–H groups in total. The molecule has 0 saturated heterocycles. The van der Waals surface area contributed by atoms with Gasteiger partial charge in [-0.1, -0.05) is 45.9 Å². The molecule has 1 aliphatic carbocycles. The second-order valence-corrected chi connectivity index (χ2v) is 20.8. The zero-order valence-electron chi connectivity index (χ0n) is 44.5. The molecule has 412 valence electrons. The van der Waals surface area contributed by atoms with Crippen molar-refractivity contribution >= 4 is 51.3 Å². The second kappa shape index (κ2) is 21.5. The van der Waals surface area contributed by atoms with Crippen molar-refractivity contribution in [2.75, 3.05) is 23.9 Å². The minimum absolute atomic E-state index is 0.00856. The number of fused-ring (bicyclic) bond motifs is 15. The summed E-state index contributed by atoms with van der Waals surface area (Å²) in [5.41, 5.74) is 6.33. The monoisotopic (exact) mass is 1070 g/mol. The molecule has 1 fully saturated rings. The number of aromatic carboxylic acids is 1. The summed E-state index contributed by atoms with van der Waals surface area (Å²) < 4.78 is 40.9. The average Bonchev–Trinajstić information content (AvgIpc) is 4.19. The van der Waals surface area contributed by atoms with Crippen LogP contribution in [-0.4, -0.2) is 103 Å². The van der Waals surface area contributed by atoms with Crippen LogP contribution >= 0.6 is 0 Å². The number of hydrogen-bond acceptors (Lipinski definition) is 17. The normalized spacial score (nSPS) is 26.2. The molecular formula is C56H66FN5O15. The highest BCUT2D eigenvalue weighted by Crippen LogP contribution is 2.55. The molecule has 4 aliphatic heterocycles. The number of pyridine rings is 2. The lowest BCUT2D eigenvalue weighted by Gasteiger charge is -2.38. The molecule has 1 amide bonds. The van der Waals surface area contributed by atoms with Gasteiger partial charge in [0.15, 0.2) is 11.6 Å². The van der Waals surface area contributed by atoms with Crippen LogP contribution in [0, 0.1) is 43.3 Å². The number of carbonyl (C=O) groups is 4. The highest BCUT2D eigenvalue weighted by atomic mass is 19.1. The fourth-order valence-electron chi connectivity index (χ4n) is 10.9. The quantitative estimate of drug-likeness (QED) is 0.0363. The van der Waals surface area contributed by atoms with Crippen LogP contribution in [0.3, 0.4) is 0 Å². The Labute approximate surface area is 443 Å². The number of hydrogen-bond donors (Lipinski definition) is 9. The number of anilines is 2. The Balaban J connectivity index is 1.18. The minimum Gasteiger partial charge on any atom is -0.507 e. The standard InChI is InChI=1S/C56H66FN5O15/c1-24-12-11-13-25(2)53(70)59-42-36(21-58-60-33-16-18-61(22-33)44-27(4)43-34(32-14-15-32)20-35(55(72)73)54(71)62(43)23-37(44)57)48(67)39-40(49(42)68)47(66)30(7)51-41(39)52(69)56(9,77-51)75-19-17-38(74-10)26(3)50(76-31(8)63)29(6)46(65)28(5)45(24)64/h11-13,17,19-20,22-24,26,28-29,32,38,45-46,50,58,60,64-68H,14-16,18,21H2,1-10H3,(H,59,70)(H,72,73)/t24-,26+,28+,29+,38-,45-,46+,50+,56-/m0/s1. The summed E-state index contributed by atoms with van der Waals surface area (Å²) in [6.07, 6.45) is 7.72. The molecule has 6 heterocycles. The van der Waals surface area contributed by atoms with Gasteiger partial charge >= 0.3 is 17.7 Å². The van der Waals surface area contributed by atoms with E-state index in [9.17, 15) is 54.6 Å². The molecule has 5 aliphatic rings. The highest BCUT2D eigenvalue weighted by Gasteiger charge is 2.50. The number of esters is 1. The molecule has 20 nitrogen and oxygen atoms in total. The number of Topliss-reactive ketones (excluding diaryl/α,β-unsaturated/α-hetero) is 1. The van der Waals surface area contributed by atoms with E-state index in [1.54, 1.807) is 57.9 Å². The summed E-state index contributed by atoms with van der Waals surface area (Å²) in [4.78, 5) is 68.1. The number of aryl methyl sites for hydroxylation is 1. The summed E-state index contributed by atoms with van der Waals surface area (Å²) in [6.45, 7) is 13.9. The fourth-order valence-corrected chi connectivity index (χ4v) is 10.9. The minimum atomic E-state index is -2.13. The number of ether oxygens (including phenoxy) is 4. The number of methoxy groups -OCH3 is 1. The maximum absolute atomic E-state index is 16.1. The summed E-state index contributed by atoms with van der Waals surface area (Å²) in [7, 11) is 1.41. The molecule has 9 atom stereocenters. The van der Waals surface area contributed by atoms with Gasteiger partial charge in [0.05, 0.1) is 58.6 Å². The molecule has 5 bridgehead atoms. The van der Waals surface area contributed by atoms with Crippen molar-refractivity contribution < 1.29 is 73.2 Å². The van der Waals surface area contributed by atoms with E-state index in [1.807, 2.05) is 0 Å². The molecule has 77 heavy (non-hydrogen) atoms. The topological polar surface area (TPSA) is 287 Å². The number of carboxylic acid groups (broad SMARTS) is 1. The third-order valence-corrected chi connectivity index (χ3v) is 15.5. The fraction of sp³-hybridized carbons (Fsp3) is 0.446. The summed E-state index contributed by atoms with van der Waals surface area (Å²) >= 11 is 0. The first-order valence-electron chi connectivity index (χ1n) is 25.5. The number of aromatic nitrogens is 1. The Morgan fingerprint density at radius 1 is 0.948 bits per heavy atom. The zero-order chi connectivity index (χ0) is 56.3. The first kappa shape index (κ1) is 55.8. The number of amides is 1. The van der Waals surface area contributed by atoms with Gasteiger partial charge in [0, 0.05) is 104 Å². The maximum Gasteiger partial charge on any atom is 0.341 e. The number of ketones is 1. The van der Waals surface area contributed by atoms with Crippen molar-refractivity contribution in [2.45, 2.75) is 124 Å². The molecular weight excluding hydrogens is 1000 g/mol. The van der Waals surface area contributed by atoms with E-state index in [-0.39, 0.29) is 69.2 Å². The predicted octanol–water partition coefficient (Wildman–Crippen LogP) is 6.74. The molecule has 0 unspecified atom stereocenters. The van der Waals surface area contributed by atoms with E-state index in [4.69, 9.17) is 18.9 Å². The lowest BCUT2D eigenvalue weighted by Crippen LogP contribution is -2.46. The number of halogens is 1. The van der Waals surface area contributed by atoms with Gasteiger partial charge in [-0.25, -0.2) is 14.6 Å². The number of hydrazine groups is 1. The summed E-state index contributed by atoms with van der Waals surface area (Å²) in [5, 5.41) is 71.2. The van der Waals surface area contributed by atoms with Crippen LogP contribution in [0.2, 0.25) is 0 Å². The smallest absolute Gasteiger partial charge is 0.341 e. The number of carboxylic acids is 1. The van der Waals surface area contributed by atoms with Gasteiger partial charge in [-0.15, -0.1) is 0 Å². The number of rotatable bonds is 9. The van der Waals surface area contributed by atoms with Crippen molar-refractivity contribution in [1.29, 1.82) is 0 Å². The van der Waals surface area contributed by atoms with Gasteiger partial charge in [-0.05, 0) is 57.2 Å². The first-order valence-corrected chi connectivity index (χ1v) is 25.5. The van der Waals surface area contributed by atoms with Crippen LogP contribution in [0.4, 0.5) is 15.8 Å². The molecule has 21 heteroatoms. The Morgan fingerprint density at radius 2 is 1.65 bits per heavy atom. The average molecular weight is 1070 g/mol. The number of phenols is 3. The van der Waals surface area contributed by atoms with Crippen LogP contribution in [0.15, 0.2) is 65.1 Å². The van der Waals surface area contributed by atoms with Gasteiger partial charge in [0.2, 0.25) is 0 Å². The lowest BCUT2D eigenvalue weighted by atomic mass is 9.78. The predicted molar refractivity (Wildman–Crippen MR) is 281 cm³/mol. The van der Waals surface area contributed by atoms with Crippen molar-refractivity contribution in [3.8, 4) is 23.0 Å². The third kappa shape index (κ3) is 10.2. The molecule has 1 saturated carbocycles. The Morgan fingerprint density at radius 3 is 2.30 bits per heavy atom. The molecule has 4 aromatic rings. The van der Waals surface area contributed by atoms with E-state index in [0.717, 1.165) is 29.7 Å². The van der Waals surface area contributed by atoms with E-state index >= 15 is 4.39 Å². The largest absolute Gasteiger partial charge is 0.507 e. The number of nitrogens with zero attached hydrogens (tertiary/aromatic N) is 2. The number of allylic oxidation sites excluding steroid dienone is 2. The number of carbonyl (C=O) groups excluding carboxylic acids is 3. The number of nitrogens with one attached hydrogen (secondary N) is 3. The van der Waals surface area contributed by atoms with Crippen LogP contribution < -0.4 is 31.4 Å². The Hall–Kier alpha value is -7.46. The zero-order valence-corrected chi connectivity index (χ0v) is 44.5. The molecule has 2 aromatic heterocycles. The Bertz CT molecular complexity index is 3290. The van der Waals surface area contributed by atoms with E-state index in [1.165, 1.54) is 53.0 Å². The number of aliphatic hydroxyl groups excluding tert-OH is 2. The van der Waals surface area contributed by atoms with E-state index < -0.39 is 112 Å². The summed E-state index contributed by atoms with van der Waals surface area (Å²) in [6, 6.07) is 1.38. The number of phenolic OH excluding ortho intramolecular Hbond substituents is 3. The van der Waals surface area contributed by atoms with Crippen molar-refractivity contribution in [1.82, 2.24) is 15.3 Å². The van der Waals surface area contributed by atoms with Gasteiger partial charge in [-0.3, -0.25) is 23.6 Å². The van der Waals surface area contributed by atoms with Crippen LogP contribution in [-0.2, 0) is 30.3 Å². The van der Waals surface area contributed by atoms with E-state index in [2.05, 4.69) is 16.2 Å². The molecule has 0 radical (unpaired) electrons. The van der Waals surface area contributed by atoms with Gasteiger partial charge < -0.3 is 65.2 Å². The van der Waals surface area contributed by atoms with Crippen molar-refractivity contribution in [2.24, 2.45) is 23.7 Å². The number of aromatic hydroxyl groups is 3. The van der Waals surface area contributed by atoms with Gasteiger partial charge in [-0.2, -0.15) is 0 Å². The SMILES string of the molecule is CO[C@H]1C=CO[C@@]2(C)Oc3c(C)c(O)c4c(O)c(c(CNNC5=CN(c6c(F)cn7c(=O)c(C(=O)O)cc(C8CC8)c7c6C)CC5)c(O)c4c3C2=O)NC(=O)C(C)=CC=C[C@H](C)[C@H](O)[C@@H](C)[C@@H](O)[C@@H](C)[C@H](OC(C)=O)[C@@H]1C. The number of aliphatic hydroxyl groups is 2. The van der Waals surface area contributed by atoms with E-state index in [0.29, 0.717) is 28.8 Å². The van der Waals surface area contributed by atoms with Crippen LogP contribution in [0.5, 0.6) is 23.0 Å². The third-order valence-electron chi connectivity index (χ3n) is 15.5. The van der Waals surface area contributed by atoms with Gasteiger partial charge in [0.25, 0.3) is 17.2 Å². The second-order valence-electron chi connectivity index (χ2n) is 20.8. The van der Waals surface area contributed by atoms with Crippen LogP contribution in [0.25, 0.3) is 16.3 Å². The maximum atomic E-state index is 16.1. The highest BCUT2D eigenvalue weighted by molar-refractivity contribution is 6.22. The molecule has 2 aromatic carbocycles. The Kier molecular flexibility index (Phi) is 15.6. The van der Waals surface area contributed by atoms with Gasteiger partial charge in [0.1, 0.15) is 28.9 Å². The van der Waals surface area contributed by atoms with Crippen molar-refractivity contribution in [3.05, 3.63) is 110 Å². The molecule has 9 rings (SSSR count). The summed E-state index contributed by atoms with van der Waals surface area (Å²) in [5.74, 6) is -11.3. The number of benzene rings is 2. The van der Waals surface area contributed by atoms with Crippen molar-refractivity contribution in [3.63, 3.8) is 0 Å². The van der Waals surface area contributed by atoms with Crippen LogP contribution in [0.1, 0.15) is 117 Å². The molecule has 0 spiro atoms. The lowest BCUT2D eigenvalue weighted by molar-refractivity contribution is -0.160. The first-order chi connectivity index (χ1) is 36.3.